The zero-order valence-corrected chi connectivity index (χ0v) is 8.20. The summed E-state index contributed by atoms with van der Waals surface area (Å²) in [6, 6.07) is 7.10. The fourth-order valence-electron chi connectivity index (χ4n) is 0.655. The lowest BCUT2D eigenvalue weighted by Crippen LogP contribution is -1.69. The van der Waals surface area contributed by atoms with E-state index in [9.17, 15) is 3.89 Å². The van der Waals surface area contributed by atoms with Crippen LogP contribution in [0, 0.1) is 0 Å². The molecule has 0 atom stereocenters. The smallest absolute Gasteiger partial charge is 0.0812 e. The average Bonchev–Trinajstić information content (AvgIpc) is 2.21. The fourth-order valence-corrected chi connectivity index (χ4v) is 0.894. The van der Waals surface area contributed by atoms with Crippen molar-refractivity contribution in [3.8, 4) is 0 Å². The van der Waals surface area contributed by atoms with Gasteiger partial charge in [-0.15, -0.1) is 0 Å². The largest absolute Gasteiger partial charge is 0.160 e. The Labute approximate surface area is 77.8 Å². The van der Waals surface area contributed by atoms with Crippen molar-refractivity contribution >= 4 is 18.2 Å². The molecule has 0 fully saturated rings. The van der Waals surface area contributed by atoms with Crippen molar-refractivity contribution in [1.82, 2.24) is 0 Å². The molecule has 0 saturated carbocycles. The molecule has 0 radical (unpaired) electrons. The van der Waals surface area contributed by atoms with Gasteiger partial charge in [0, 0.05) is 4.90 Å². The highest BCUT2D eigenvalue weighted by atomic mass is 32.2. The standard InChI is InChI=1S/C8H7FS.C2H6/c1-2-7-3-5-8(10-9)6-4-7;1-2/h2-6H,1H2;1-2H3. The summed E-state index contributed by atoms with van der Waals surface area (Å²) >= 11 is 0.254. The van der Waals surface area contributed by atoms with Gasteiger partial charge in [-0.3, -0.25) is 0 Å². The van der Waals surface area contributed by atoms with Crippen molar-refractivity contribution in [2.45, 2.75) is 18.7 Å². The van der Waals surface area contributed by atoms with Gasteiger partial charge in [0.25, 0.3) is 0 Å². The molecule has 0 aromatic heterocycles. The van der Waals surface area contributed by atoms with E-state index < -0.39 is 0 Å². The Bertz CT molecular complexity index is 216. The van der Waals surface area contributed by atoms with Gasteiger partial charge < -0.3 is 0 Å². The first kappa shape index (κ1) is 11.2. The molecule has 0 bridgehead atoms. The molecule has 2 heteroatoms. The van der Waals surface area contributed by atoms with Crippen LogP contribution < -0.4 is 0 Å². The maximum atomic E-state index is 11.9. The van der Waals surface area contributed by atoms with E-state index in [2.05, 4.69) is 6.58 Å². The van der Waals surface area contributed by atoms with Crippen molar-refractivity contribution in [3.63, 3.8) is 0 Å². The number of rotatable bonds is 2. The van der Waals surface area contributed by atoms with Crippen LogP contribution >= 0.6 is 12.1 Å². The fraction of sp³-hybridized carbons (Fsp3) is 0.200. The van der Waals surface area contributed by atoms with Crippen molar-refractivity contribution < 1.29 is 3.89 Å². The zero-order valence-electron chi connectivity index (χ0n) is 7.38. The molecule has 0 N–H and O–H groups in total. The van der Waals surface area contributed by atoms with Crippen LogP contribution in [0.3, 0.4) is 0 Å². The number of halogens is 1. The van der Waals surface area contributed by atoms with E-state index in [1.165, 1.54) is 0 Å². The highest BCUT2D eigenvalue weighted by molar-refractivity contribution is 7.94. The third-order valence-electron chi connectivity index (χ3n) is 1.20. The molecule has 0 aliphatic carbocycles. The number of hydrogen-bond donors (Lipinski definition) is 0. The van der Waals surface area contributed by atoms with E-state index in [0.717, 1.165) is 5.56 Å². The Balaban J connectivity index is 0.000000561. The zero-order chi connectivity index (χ0) is 9.40. The van der Waals surface area contributed by atoms with Gasteiger partial charge in [-0.25, -0.2) is 0 Å². The van der Waals surface area contributed by atoms with Crippen molar-refractivity contribution in [1.29, 1.82) is 0 Å². The van der Waals surface area contributed by atoms with E-state index in [4.69, 9.17) is 0 Å². The second kappa shape index (κ2) is 6.92. The van der Waals surface area contributed by atoms with E-state index in [0.29, 0.717) is 4.90 Å². The highest BCUT2D eigenvalue weighted by Gasteiger charge is 1.89. The van der Waals surface area contributed by atoms with E-state index in [1.807, 2.05) is 26.0 Å². The third kappa shape index (κ3) is 3.58. The van der Waals surface area contributed by atoms with Gasteiger partial charge in [-0.1, -0.05) is 38.6 Å². The molecule has 1 aromatic carbocycles. The quantitative estimate of drug-likeness (QED) is 0.659. The predicted molar refractivity (Wildman–Crippen MR) is 54.8 cm³/mol. The second-order valence-corrected chi connectivity index (χ2v) is 2.48. The summed E-state index contributed by atoms with van der Waals surface area (Å²) in [4.78, 5) is 0.630. The summed E-state index contributed by atoms with van der Waals surface area (Å²) in [5.41, 5.74) is 1.01. The summed E-state index contributed by atoms with van der Waals surface area (Å²) in [5, 5.41) is 0. The van der Waals surface area contributed by atoms with Gasteiger partial charge in [0.2, 0.25) is 0 Å². The van der Waals surface area contributed by atoms with Crippen molar-refractivity contribution in [3.05, 3.63) is 36.4 Å². The van der Waals surface area contributed by atoms with Crippen LogP contribution in [0.2, 0.25) is 0 Å². The first-order valence-corrected chi connectivity index (χ1v) is 4.59. The van der Waals surface area contributed by atoms with Crippen LogP contribution in [0.15, 0.2) is 35.7 Å². The van der Waals surface area contributed by atoms with Gasteiger partial charge in [0.05, 0.1) is 12.1 Å². The SMILES string of the molecule is C=Cc1ccc(SF)cc1.CC. The van der Waals surface area contributed by atoms with E-state index >= 15 is 0 Å². The van der Waals surface area contributed by atoms with Gasteiger partial charge in [-0.05, 0) is 17.7 Å². The molecule has 0 aliphatic rings. The van der Waals surface area contributed by atoms with Gasteiger partial charge in [-0.2, -0.15) is 3.89 Å². The highest BCUT2D eigenvalue weighted by Crippen LogP contribution is 2.18. The summed E-state index contributed by atoms with van der Waals surface area (Å²) in [7, 11) is 0. The van der Waals surface area contributed by atoms with Gasteiger partial charge >= 0.3 is 0 Å². The van der Waals surface area contributed by atoms with Crippen LogP contribution in [0.4, 0.5) is 3.89 Å². The van der Waals surface area contributed by atoms with Crippen molar-refractivity contribution in [2.24, 2.45) is 0 Å². The molecule has 66 valence electrons. The van der Waals surface area contributed by atoms with Gasteiger partial charge in [0.15, 0.2) is 0 Å². The molecule has 0 heterocycles. The Kier molecular flexibility index (Phi) is 6.48. The monoisotopic (exact) mass is 184 g/mol. The van der Waals surface area contributed by atoms with Crippen molar-refractivity contribution in [2.75, 3.05) is 0 Å². The molecule has 0 unspecified atom stereocenters. The van der Waals surface area contributed by atoms with Crippen LogP contribution in [0.5, 0.6) is 0 Å². The normalized spacial score (nSPS) is 8.25. The minimum Gasteiger partial charge on any atom is -0.160 e. The topological polar surface area (TPSA) is 0 Å². The van der Waals surface area contributed by atoms with Crippen LogP contribution in [-0.2, 0) is 0 Å². The molecule has 0 amide bonds. The van der Waals surface area contributed by atoms with E-state index in [1.54, 1.807) is 18.2 Å². The average molecular weight is 184 g/mol. The third-order valence-corrected chi connectivity index (χ3v) is 1.66. The Hall–Kier alpha value is -0.760. The molecule has 0 saturated heterocycles. The maximum Gasteiger partial charge on any atom is 0.0812 e. The summed E-state index contributed by atoms with van der Waals surface area (Å²) in [6.45, 7) is 7.59. The Morgan fingerprint density at radius 3 is 2.08 bits per heavy atom. The molecule has 0 spiro atoms. The molecule has 12 heavy (non-hydrogen) atoms. The lowest BCUT2D eigenvalue weighted by molar-refractivity contribution is 0.934. The molecule has 0 aliphatic heterocycles. The Morgan fingerprint density at radius 2 is 1.75 bits per heavy atom. The van der Waals surface area contributed by atoms with E-state index in [-0.39, 0.29) is 12.1 Å². The lowest BCUT2D eigenvalue weighted by atomic mass is 10.2. The summed E-state index contributed by atoms with van der Waals surface area (Å²) in [6.07, 6.45) is 1.73. The molecular formula is C10H13FS. The Morgan fingerprint density at radius 1 is 1.25 bits per heavy atom. The molecule has 1 rings (SSSR count). The lowest BCUT2D eigenvalue weighted by Gasteiger charge is -1.92. The summed E-state index contributed by atoms with van der Waals surface area (Å²) in [5.74, 6) is 0. The minimum absolute atomic E-state index is 0.254. The first-order chi connectivity index (χ1) is 5.86. The van der Waals surface area contributed by atoms with Gasteiger partial charge in [0.1, 0.15) is 0 Å². The van der Waals surface area contributed by atoms with Crippen LogP contribution in [-0.4, -0.2) is 0 Å². The molecular weight excluding hydrogens is 171 g/mol. The van der Waals surface area contributed by atoms with Crippen LogP contribution in [0.1, 0.15) is 19.4 Å². The predicted octanol–water partition coefficient (Wildman–Crippen LogP) is 4.33. The van der Waals surface area contributed by atoms with Crippen LogP contribution in [0.25, 0.3) is 6.08 Å². The molecule has 1 aromatic rings. The second-order valence-electron chi connectivity index (χ2n) is 1.85. The molecule has 0 nitrogen and oxygen atoms in total. The number of hydrogen-bond acceptors (Lipinski definition) is 1. The maximum absolute atomic E-state index is 11.9. The minimum atomic E-state index is 0.254. The number of benzene rings is 1. The first-order valence-electron chi connectivity index (χ1n) is 3.88. The summed E-state index contributed by atoms with van der Waals surface area (Å²) < 4.78 is 11.9.